The molecule has 2 heterocycles. The van der Waals surface area contributed by atoms with Crippen LogP contribution in [0.2, 0.25) is 0 Å². The zero-order valence-corrected chi connectivity index (χ0v) is 11.4. The predicted molar refractivity (Wildman–Crippen MR) is 81.4 cm³/mol. The molecule has 5 nitrogen and oxygen atoms in total. The number of nitrogens with zero attached hydrogens (tertiary/aromatic N) is 3. The summed E-state index contributed by atoms with van der Waals surface area (Å²) in [5, 5.41) is 0. The van der Waals surface area contributed by atoms with Gasteiger partial charge in [0.05, 0.1) is 0 Å². The van der Waals surface area contributed by atoms with Gasteiger partial charge in [0.1, 0.15) is 12.0 Å². The molecule has 1 atom stereocenters. The molecule has 3 rings (SSSR count). The van der Waals surface area contributed by atoms with E-state index >= 15 is 0 Å². The fraction of sp³-hybridized carbons (Fsp3) is 0.333. The number of aromatic nitrogens is 2. The standard InChI is InChI=1S/C15H19N5/c16-13-14(17)18-10-19-15(13)20-8-4-7-12(20)9-11-5-2-1-3-6-11/h1-3,5-6,10,12H,4,7-9,16H2,(H2,17,18,19). The minimum atomic E-state index is 0.361. The van der Waals surface area contributed by atoms with Gasteiger partial charge in [-0.15, -0.1) is 0 Å². The lowest BCUT2D eigenvalue weighted by atomic mass is 10.0. The summed E-state index contributed by atoms with van der Waals surface area (Å²) < 4.78 is 0. The lowest BCUT2D eigenvalue weighted by Crippen LogP contribution is -2.32. The van der Waals surface area contributed by atoms with Crippen LogP contribution in [-0.4, -0.2) is 22.6 Å². The van der Waals surface area contributed by atoms with Crippen molar-refractivity contribution in [2.75, 3.05) is 22.9 Å². The first-order chi connectivity index (χ1) is 9.75. The molecule has 1 aromatic carbocycles. The third-order valence-corrected chi connectivity index (χ3v) is 3.86. The fourth-order valence-electron chi connectivity index (χ4n) is 2.84. The summed E-state index contributed by atoms with van der Waals surface area (Å²) in [7, 11) is 0. The molecule has 0 amide bonds. The molecule has 1 aliphatic rings. The Bertz CT molecular complexity index is 584. The quantitative estimate of drug-likeness (QED) is 0.888. The number of nitrogens with two attached hydrogens (primary N) is 2. The molecule has 4 N–H and O–H groups in total. The molecule has 0 spiro atoms. The zero-order chi connectivity index (χ0) is 13.9. The number of hydrogen-bond donors (Lipinski definition) is 2. The van der Waals surface area contributed by atoms with Gasteiger partial charge in [-0.25, -0.2) is 9.97 Å². The van der Waals surface area contributed by atoms with Crippen molar-refractivity contribution in [3.05, 3.63) is 42.2 Å². The first-order valence-electron chi connectivity index (χ1n) is 6.92. The van der Waals surface area contributed by atoms with E-state index in [2.05, 4.69) is 39.1 Å². The van der Waals surface area contributed by atoms with Crippen molar-refractivity contribution < 1.29 is 0 Å². The van der Waals surface area contributed by atoms with Crippen LogP contribution in [0.3, 0.4) is 0 Å². The lowest BCUT2D eigenvalue weighted by Gasteiger charge is -2.27. The van der Waals surface area contributed by atoms with Crippen molar-refractivity contribution >= 4 is 17.3 Å². The molecule has 0 bridgehead atoms. The summed E-state index contributed by atoms with van der Waals surface area (Å²) >= 11 is 0. The summed E-state index contributed by atoms with van der Waals surface area (Å²) in [6.07, 6.45) is 4.79. The van der Waals surface area contributed by atoms with Crippen molar-refractivity contribution in [2.45, 2.75) is 25.3 Å². The van der Waals surface area contributed by atoms with Crippen LogP contribution in [0.15, 0.2) is 36.7 Å². The van der Waals surface area contributed by atoms with E-state index in [1.807, 2.05) is 6.07 Å². The van der Waals surface area contributed by atoms with E-state index in [-0.39, 0.29) is 0 Å². The van der Waals surface area contributed by atoms with Crippen LogP contribution in [0.25, 0.3) is 0 Å². The van der Waals surface area contributed by atoms with Crippen molar-refractivity contribution in [2.24, 2.45) is 0 Å². The van der Waals surface area contributed by atoms with Gasteiger partial charge in [-0.2, -0.15) is 0 Å². The Morgan fingerprint density at radius 2 is 1.95 bits per heavy atom. The van der Waals surface area contributed by atoms with E-state index < -0.39 is 0 Å². The Hall–Kier alpha value is -2.30. The molecule has 1 unspecified atom stereocenters. The van der Waals surface area contributed by atoms with Crippen molar-refractivity contribution in [3.63, 3.8) is 0 Å². The van der Waals surface area contributed by atoms with E-state index in [0.29, 0.717) is 17.5 Å². The van der Waals surface area contributed by atoms with Gasteiger partial charge >= 0.3 is 0 Å². The predicted octanol–water partition coefficient (Wildman–Crippen LogP) is 1.85. The smallest absolute Gasteiger partial charge is 0.157 e. The van der Waals surface area contributed by atoms with E-state index in [0.717, 1.165) is 31.6 Å². The number of benzene rings is 1. The van der Waals surface area contributed by atoms with Gasteiger partial charge in [-0.1, -0.05) is 30.3 Å². The molecule has 104 valence electrons. The monoisotopic (exact) mass is 269 g/mol. The average Bonchev–Trinajstić information content (AvgIpc) is 2.91. The van der Waals surface area contributed by atoms with E-state index in [9.17, 15) is 0 Å². The summed E-state index contributed by atoms with van der Waals surface area (Å²) in [4.78, 5) is 10.5. The highest BCUT2D eigenvalue weighted by Crippen LogP contribution is 2.31. The van der Waals surface area contributed by atoms with Crippen LogP contribution >= 0.6 is 0 Å². The Balaban J connectivity index is 1.84. The second-order valence-electron chi connectivity index (χ2n) is 5.18. The van der Waals surface area contributed by atoms with Crippen LogP contribution in [0, 0.1) is 0 Å². The van der Waals surface area contributed by atoms with Crippen molar-refractivity contribution in [1.29, 1.82) is 0 Å². The largest absolute Gasteiger partial charge is 0.393 e. The Labute approximate surface area is 118 Å². The molecule has 5 heteroatoms. The molecule has 0 aliphatic carbocycles. The second kappa shape index (κ2) is 5.36. The first kappa shape index (κ1) is 12.7. The van der Waals surface area contributed by atoms with Gasteiger partial charge in [0.15, 0.2) is 11.6 Å². The van der Waals surface area contributed by atoms with Crippen LogP contribution in [0.1, 0.15) is 18.4 Å². The third kappa shape index (κ3) is 2.39. The molecule has 1 aromatic heterocycles. The average molecular weight is 269 g/mol. The molecular weight excluding hydrogens is 250 g/mol. The lowest BCUT2D eigenvalue weighted by molar-refractivity contribution is 0.658. The normalized spacial score (nSPS) is 18.4. The highest BCUT2D eigenvalue weighted by molar-refractivity contribution is 5.73. The maximum Gasteiger partial charge on any atom is 0.157 e. The maximum atomic E-state index is 6.03. The van der Waals surface area contributed by atoms with Crippen LogP contribution in [-0.2, 0) is 6.42 Å². The Kier molecular flexibility index (Phi) is 3.41. The molecular formula is C15H19N5. The van der Waals surface area contributed by atoms with Gasteiger partial charge in [-0.3, -0.25) is 0 Å². The van der Waals surface area contributed by atoms with Gasteiger partial charge in [-0.05, 0) is 24.8 Å². The molecule has 1 saturated heterocycles. The van der Waals surface area contributed by atoms with Gasteiger partial charge in [0, 0.05) is 12.6 Å². The van der Waals surface area contributed by atoms with Crippen molar-refractivity contribution in [1.82, 2.24) is 9.97 Å². The molecule has 2 aromatic rings. The Morgan fingerprint density at radius 3 is 2.75 bits per heavy atom. The molecule has 1 aliphatic heterocycles. The van der Waals surface area contributed by atoms with E-state index in [1.54, 1.807) is 0 Å². The summed E-state index contributed by atoms with van der Waals surface area (Å²) in [5.41, 5.74) is 13.6. The SMILES string of the molecule is Nc1ncnc(N2CCCC2Cc2ccccc2)c1N. The van der Waals surface area contributed by atoms with Crippen LogP contribution < -0.4 is 16.4 Å². The topological polar surface area (TPSA) is 81.1 Å². The number of hydrogen-bond acceptors (Lipinski definition) is 5. The number of anilines is 3. The molecule has 0 radical (unpaired) electrons. The van der Waals surface area contributed by atoms with Crippen molar-refractivity contribution in [3.8, 4) is 0 Å². The summed E-state index contributed by atoms with van der Waals surface area (Å²) in [6, 6.07) is 10.9. The van der Waals surface area contributed by atoms with E-state index in [1.165, 1.54) is 11.9 Å². The number of rotatable bonds is 3. The second-order valence-corrected chi connectivity index (χ2v) is 5.18. The minimum Gasteiger partial charge on any atom is -0.393 e. The van der Waals surface area contributed by atoms with E-state index in [4.69, 9.17) is 11.5 Å². The highest BCUT2D eigenvalue weighted by atomic mass is 15.2. The van der Waals surface area contributed by atoms with Crippen LogP contribution in [0.5, 0.6) is 0 Å². The maximum absolute atomic E-state index is 6.03. The summed E-state index contributed by atoms with van der Waals surface area (Å²) in [5.74, 6) is 1.14. The molecule has 20 heavy (non-hydrogen) atoms. The van der Waals surface area contributed by atoms with Gasteiger partial charge < -0.3 is 16.4 Å². The number of nitrogen functional groups attached to an aromatic ring is 2. The zero-order valence-electron chi connectivity index (χ0n) is 11.4. The van der Waals surface area contributed by atoms with Gasteiger partial charge in [0.2, 0.25) is 0 Å². The molecule has 0 saturated carbocycles. The minimum absolute atomic E-state index is 0.361. The highest BCUT2D eigenvalue weighted by Gasteiger charge is 2.27. The van der Waals surface area contributed by atoms with Gasteiger partial charge in [0.25, 0.3) is 0 Å². The first-order valence-corrected chi connectivity index (χ1v) is 6.92. The fourth-order valence-corrected chi connectivity index (χ4v) is 2.84. The van der Waals surface area contributed by atoms with Crippen LogP contribution in [0.4, 0.5) is 17.3 Å². The third-order valence-electron chi connectivity index (χ3n) is 3.86. The Morgan fingerprint density at radius 1 is 1.15 bits per heavy atom. The summed E-state index contributed by atoms with van der Waals surface area (Å²) in [6.45, 7) is 0.970. The molecule has 1 fully saturated rings.